The van der Waals surface area contributed by atoms with Gasteiger partial charge in [-0.15, -0.1) is 0 Å². The summed E-state index contributed by atoms with van der Waals surface area (Å²) in [5.41, 5.74) is 26.9. The predicted octanol–water partition coefficient (Wildman–Crippen LogP) is 19.9. The van der Waals surface area contributed by atoms with E-state index >= 15 is 0 Å². The molecular weight excluding hydrogens is 1330 g/mol. The van der Waals surface area contributed by atoms with Crippen LogP contribution in [0, 0.1) is 0 Å². The Bertz CT molecular complexity index is 4930. The second kappa shape index (κ2) is 40.1. The minimum absolute atomic E-state index is 1.02. The second-order valence-corrected chi connectivity index (χ2v) is 29.5. The van der Waals surface area contributed by atoms with Crippen molar-refractivity contribution in [3.8, 4) is 0 Å². The fraction of sp³-hybridized carbons (Fsp3) is 0.265. The van der Waals surface area contributed by atoms with Gasteiger partial charge in [0.05, 0.1) is 0 Å². The first-order valence-electron chi connectivity index (χ1n) is 38.8. The highest BCUT2D eigenvalue weighted by molar-refractivity contribution is 5.79. The molecule has 12 aromatic rings. The van der Waals surface area contributed by atoms with E-state index in [4.69, 9.17) is 0 Å². The summed E-state index contributed by atoms with van der Waals surface area (Å²) in [6.45, 7) is 9.01. The molecule has 21 rings (SSSR count). The lowest BCUT2D eigenvalue weighted by atomic mass is 10.0. The highest BCUT2D eigenvalue weighted by atomic mass is 15.1. The van der Waals surface area contributed by atoms with Gasteiger partial charge < -0.3 is 47.7 Å². The number of hydrogen-bond acceptors (Lipinski definition) is 7. The first-order chi connectivity index (χ1) is 53.1. The Balaban J connectivity index is 0.000000119. The molecule has 7 aliphatic heterocycles. The first-order valence-corrected chi connectivity index (χ1v) is 38.8. The van der Waals surface area contributed by atoms with Gasteiger partial charge in [-0.3, -0.25) is 4.90 Å². The van der Waals surface area contributed by atoms with Crippen LogP contribution in [0.25, 0.3) is 35.2 Å². The Morgan fingerprint density at radius 2 is 0.807 bits per heavy atom. The summed E-state index contributed by atoms with van der Waals surface area (Å²) < 4.78 is 8.45. The van der Waals surface area contributed by atoms with Crippen LogP contribution in [-0.2, 0) is 92.9 Å². The third-order valence-electron chi connectivity index (χ3n) is 21.0. The fourth-order valence-corrected chi connectivity index (χ4v) is 14.8. The van der Waals surface area contributed by atoms with E-state index in [1.807, 2.05) is 36.1 Å². The second-order valence-electron chi connectivity index (χ2n) is 29.5. The molecule has 0 fully saturated rings. The van der Waals surface area contributed by atoms with Crippen molar-refractivity contribution in [2.75, 3.05) is 95.1 Å². The van der Waals surface area contributed by atoms with Gasteiger partial charge in [0.1, 0.15) is 0 Å². The average Bonchev–Trinajstić information content (AvgIpc) is 1.75. The number of fused-ring (bicyclic) bond motifs is 10. The number of aryl methyl sites for hydroxylation is 5. The van der Waals surface area contributed by atoms with Crippen molar-refractivity contribution in [3.63, 3.8) is 0 Å². The van der Waals surface area contributed by atoms with Crippen LogP contribution in [0.15, 0.2) is 292 Å². The van der Waals surface area contributed by atoms with Crippen molar-refractivity contribution < 1.29 is 0 Å². The zero-order valence-corrected chi connectivity index (χ0v) is 66.5. The van der Waals surface area contributed by atoms with E-state index in [-0.39, 0.29) is 0 Å². The van der Waals surface area contributed by atoms with Gasteiger partial charge in [-0.05, 0) is 204 Å². The molecule has 0 amide bonds. The Hall–Kier alpha value is -11.2. The number of rotatable bonds is 0. The predicted molar refractivity (Wildman–Crippen MR) is 468 cm³/mol. The summed E-state index contributed by atoms with van der Waals surface area (Å²) in [4.78, 5) is 15.9. The monoisotopic (exact) mass is 1450 g/mol. The Morgan fingerprint density at radius 3 is 1.45 bits per heavy atom. The van der Waals surface area contributed by atoms with E-state index in [2.05, 4.69) is 410 Å². The lowest BCUT2D eigenvalue weighted by Crippen LogP contribution is -2.26. The summed E-state index contributed by atoms with van der Waals surface area (Å²) in [5.74, 6) is 0. The number of aromatic nitrogens is 4. The standard InChI is InChI=1S/C10H13N.2C10H11N.C10H13N.C10H11N.2C9H11N.C9H9N.2C8H9N.C5H7N/c3*1-11-8-4-6-9-5-2-3-7-10(9)11;2*1-11-7-6-9-4-2-3-5-10(9)8-11;1-10-6-8-4-2-3-5-9(8)7-10;2*1-10-7-6-8-4-2-3-5-9(8)10;2*1-9-6-5-7-3-2-4-8(7)9;1-6-4-2-3-5-6/h2-3,5,7H,4,6,8H2,1H3;2-5,7-8H,6H2,1H3;2-7H,8H2,1H3;2-5H,6-8H2,1H3;2-7H,8H2,1H3;2*2-5H,6-7H2,1H3;2-7H,1H3;2,4-6H,3H2,1H3;2-3,5-6H,4H2,1H3;2-5H,1H3. The molecule has 0 spiro atoms. The van der Waals surface area contributed by atoms with Crippen molar-refractivity contribution in [2.24, 2.45) is 28.2 Å². The molecule has 0 bridgehead atoms. The highest BCUT2D eigenvalue weighted by Crippen LogP contribution is 2.29. The van der Waals surface area contributed by atoms with Gasteiger partial charge in [-0.2, -0.15) is 0 Å². The smallest absolute Gasteiger partial charge is 0.0477 e. The number of anilines is 4. The van der Waals surface area contributed by atoms with Crippen molar-refractivity contribution in [1.29, 1.82) is 0 Å². The number of allylic oxidation sites excluding steroid dienone is 3. The minimum atomic E-state index is 1.02. The molecule has 562 valence electrons. The lowest BCUT2D eigenvalue weighted by molar-refractivity contribution is 0.313. The van der Waals surface area contributed by atoms with Crippen molar-refractivity contribution in [1.82, 2.24) is 33.0 Å². The molecule has 0 atom stereocenters. The third-order valence-corrected chi connectivity index (χ3v) is 21.0. The molecule has 109 heavy (non-hydrogen) atoms. The molecule has 0 unspecified atom stereocenters. The maximum Gasteiger partial charge on any atom is 0.0477 e. The van der Waals surface area contributed by atoms with Crippen LogP contribution in [0.5, 0.6) is 0 Å². The molecule has 9 aliphatic rings. The van der Waals surface area contributed by atoms with E-state index in [9.17, 15) is 0 Å². The van der Waals surface area contributed by atoms with Gasteiger partial charge in [0.25, 0.3) is 0 Å². The molecule has 0 saturated heterocycles. The average molecular weight is 1450 g/mol. The first kappa shape index (κ1) is 78.8. The molecule has 11 heteroatoms. The fourth-order valence-electron chi connectivity index (χ4n) is 14.8. The van der Waals surface area contributed by atoms with Crippen LogP contribution < -0.4 is 19.6 Å². The Labute approximate surface area is 651 Å². The van der Waals surface area contributed by atoms with E-state index in [0.29, 0.717) is 0 Å². The zero-order chi connectivity index (χ0) is 76.3. The SMILES string of the molecule is CN1C=CCc2ccccc21.CN1C=Cc2ccccc2C1.CN1CC=Cc2ccccc21.CN1CCCc2ccccc21.CN1CCc2ccccc21.CN1CCc2ccccc2C1.CN1Cc2ccccc2C1.Cn1ccc2c1C=CC2.Cn1ccc2c1CC=C2.Cn1ccc2ccccc21.Cn1cccc1. The highest BCUT2D eigenvalue weighted by Gasteiger charge is 2.17. The largest absolute Gasteiger partial charge is 0.376 e. The number of nitrogens with zero attached hydrogens (tertiary/aromatic N) is 11. The summed E-state index contributed by atoms with van der Waals surface area (Å²) in [7, 11) is 23.1. The minimum Gasteiger partial charge on any atom is -0.376 e. The molecule has 0 radical (unpaired) electrons. The van der Waals surface area contributed by atoms with E-state index in [1.165, 1.54) is 157 Å². The van der Waals surface area contributed by atoms with Gasteiger partial charge in [-0.25, -0.2) is 0 Å². The third kappa shape index (κ3) is 22.7. The Morgan fingerprint density at radius 1 is 0.284 bits per heavy atom. The number of hydrogen-bond donors (Lipinski definition) is 0. The van der Waals surface area contributed by atoms with Crippen molar-refractivity contribution in [2.45, 2.75) is 71.1 Å². The van der Waals surface area contributed by atoms with E-state index < -0.39 is 0 Å². The number of benzene rings is 8. The van der Waals surface area contributed by atoms with Gasteiger partial charge >= 0.3 is 0 Å². The van der Waals surface area contributed by atoms with Crippen LogP contribution in [-0.4, -0.2) is 108 Å². The molecule has 8 aromatic carbocycles. The van der Waals surface area contributed by atoms with Gasteiger partial charge in [0.15, 0.2) is 0 Å². The maximum absolute atomic E-state index is 2.36. The summed E-state index contributed by atoms with van der Waals surface area (Å²) in [5, 5.41) is 1.31. The molecule has 11 nitrogen and oxygen atoms in total. The van der Waals surface area contributed by atoms with Crippen LogP contribution in [0.4, 0.5) is 22.7 Å². The van der Waals surface area contributed by atoms with E-state index in [0.717, 1.165) is 52.0 Å². The van der Waals surface area contributed by atoms with Crippen LogP contribution >= 0.6 is 0 Å². The Kier molecular flexibility index (Phi) is 29.0. The summed E-state index contributed by atoms with van der Waals surface area (Å²) in [6.07, 6.45) is 40.2. The quantitative estimate of drug-likeness (QED) is 0.150. The lowest BCUT2D eigenvalue weighted by Gasteiger charge is -2.26. The van der Waals surface area contributed by atoms with Gasteiger partial charge in [-0.1, -0.05) is 200 Å². The van der Waals surface area contributed by atoms with Crippen LogP contribution in [0.3, 0.4) is 0 Å². The summed E-state index contributed by atoms with van der Waals surface area (Å²) >= 11 is 0. The number of para-hydroxylation sites is 5. The van der Waals surface area contributed by atoms with Crippen LogP contribution in [0.1, 0.15) is 84.6 Å². The summed E-state index contributed by atoms with van der Waals surface area (Å²) in [6, 6.07) is 78.8. The number of likely N-dealkylation sites (N-methyl/N-ethyl adjacent to an activating group) is 3. The topological polar surface area (TPSA) is 42.4 Å². The molecule has 0 N–H and O–H groups in total. The molecule has 11 heterocycles. The normalized spacial score (nSPS) is 14.8. The maximum atomic E-state index is 2.36. The molecule has 2 aliphatic carbocycles. The van der Waals surface area contributed by atoms with Crippen molar-refractivity contribution in [3.05, 3.63) is 370 Å². The zero-order valence-electron chi connectivity index (χ0n) is 66.5. The molecule has 0 saturated carbocycles. The van der Waals surface area contributed by atoms with Crippen molar-refractivity contribution >= 4 is 58.0 Å². The molecular formula is C98H115N11. The molecule has 4 aromatic heterocycles. The van der Waals surface area contributed by atoms with Gasteiger partial charge in [0.2, 0.25) is 0 Å². The van der Waals surface area contributed by atoms with Crippen LogP contribution in [0.2, 0.25) is 0 Å². The van der Waals surface area contributed by atoms with Gasteiger partial charge in [0, 0.05) is 199 Å². The van der Waals surface area contributed by atoms with E-state index in [1.54, 1.807) is 0 Å².